The van der Waals surface area contributed by atoms with Crippen molar-refractivity contribution in [2.24, 2.45) is 0 Å². The second kappa shape index (κ2) is 7.93. The molecule has 1 N–H and O–H groups in total. The van der Waals surface area contributed by atoms with Crippen molar-refractivity contribution in [2.75, 3.05) is 26.2 Å². The smallest absolute Gasteiger partial charge is 0.119 e. The summed E-state index contributed by atoms with van der Waals surface area (Å²) in [5, 5.41) is 3.41. The van der Waals surface area contributed by atoms with Gasteiger partial charge in [0, 0.05) is 19.6 Å². The van der Waals surface area contributed by atoms with Crippen LogP contribution >= 0.6 is 12.6 Å². The van der Waals surface area contributed by atoms with Crippen molar-refractivity contribution in [2.45, 2.75) is 30.9 Å². The van der Waals surface area contributed by atoms with Crippen molar-refractivity contribution in [1.82, 2.24) is 10.2 Å². The second-order valence-corrected chi connectivity index (χ2v) is 4.78. The first-order chi connectivity index (χ1) is 8.22. The summed E-state index contributed by atoms with van der Waals surface area (Å²) in [5.74, 6) is 0. The first-order valence-corrected chi connectivity index (χ1v) is 6.78. The third kappa shape index (κ3) is 4.47. The van der Waals surface area contributed by atoms with E-state index in [1.807, 2.05) is 6.08 Å². The molecule has 0 radical (unpaired) electrons. The lowest BCUT2D eigenvalue weighted by atomic mass is 10.1. The minimum atomic E-state index is -0.233. The monoisotopic (exact) mass is 256 g/mol. The van der Waals surface area contributed by atoms with E-state index in [0.29, 0.717) is 6.04 Å². The molecule has 1 saturated heterocycles. The van der Waals surface area contributed by atoms with E-state index in [9.17, 15) is 0 Å². The van der Waals surface area contributed by atoms with Crippen LogP contribution in [0.15, 0.2) is 25.3 Å². The van der Waals surface area contributed by atoms with Gasteiger partial charge in [-0.2, -0.15) is 0 Å². The van der Waals surface area contributed by atoms with Crippen LogP contribution < -0.4 is 5.32 Å². The topological polar surface area (TPSA) is 24.5 Å². The third-order valence-electron chi connectivity index (χ3n) is 3.02. The SMILES string of the molecule is C=CC(S)OC(C=C)C1CNCCN1CCC. The Bertz CT molecular complexity index is 246. The average molecular weight is 256 g/mol. The van der Waals surface area contributed by atoms with Crippen LogP contribution in [-0.4, -0.2) is 48.7 Å². The number of nitrogens with zero attached hydrogens (tertiary/aromatic N) is 1. The van der Waals surface area contributed by atoms with Gasteiger partial charge < -0.3 is 10.1 Å². The van der Waals surface area contributed by atoms with E-state index in [2.05, 4.69) is 42.9 Å². The highest BCUT2D eigenvalue weighted by Crippen LogP contribution is 2.15. The number of piperazine rings is 1. The van der Waals surface area contributed by atoms with Gasteiger partial charge in [0.05, 0.1) is 12.1 Å². The first-order valence-electron chi connectivity index (χ1n) is 6.26. The van der Waals surface area contributed by atoms with Crippen molar-refractivity contribution in [3.05, 3.63) is 25.3 Å². The van der Waals surface area contributed by atoms with Gasteiger partial charge in [-0.15, -0.1) is 19.2 Å². The predicted molar refractivity (Wildman–Crippen MR) is 76.6 cm³/mol. The molecule has 0 amide bonds. The van der Waals surface area contributed by atoms with E-state index in [-0.39, 0.29) is 11.5 Å². The largest absolute Gasteiger partial charge is 0.355 e. The van der Waals surface area contributed by atoms with Crippen LogP contribution in [0.5, 0.6) is 0 Å². The molecule has 1 aliphatic heterocycles. The van der Waals surface area contributed by atoms with Gasteiger partial charge in [-0.25, -0.2) is 0 Å². The molecule has 3 atom stereocenters. The Morgan fingerprint density at radius 1 is 1.53 bits per heavy atom. The molecule has 0 saturated carbocycles. The van der Waals surface area contributed by atoms with Crippen LogP contribution in [-0.2, 0) is 4.74 Å². The summed E-state index contributed by atoms with van der Waals surface area (Å²) in [6.45, 7) is 13.9. The fraction of sp³-hybridized carbons (Fsp3) is 0.692. The van der Waals surface area contributed by atoms with Crippen LogP contribution in [0.2, 0.25) is 0 Å². The number of thiol groups is 1. The molecule has 3 unspecified atom stereocenters. The van der Waals surface area contributed by atoms with Gasteiger partial charge in [0.2, 0.25) is 0 Å². The number of ether oxygens (including phenoxy) is 1. The lowest BCUT2D eigenvalue weighted by Gasteiger charge is -2.39. The molecule has 1 heterocycles. The molecule has 1 aliphatic rings. The fourth-order valence-electron chi connectivity index (χ4n) is 2.18. The highest BCUT2D eigenvalue weighted by atomic mass is 32.1. The van der Waals surface area contributed by atoms with Crippen LogP contribution in [0.1, 0.15) is 13.3 Å². The lowest BCUT2D eigenvalue weighted by Crippen LogP contribution is -2.56. The standard InChI is InChI=1S/C13H24N2OS/c1-4-8-15-9-7-14-10-11(15)12(5-2)16-13(17)6-3/h5-6,11-14,17H,2-4,7-10H2,1H3. The second-order valence-electron chi connectivity index (χ2n) is 4.27. The molecule has 0 aromatic rings. The van der Waals surface area contributed by atoms with Gasteiger partial charge >= 0.3 is 0 Å². The molecule has 0 bridgehead atoms. The first kappa shape index (κ1) is 14.8. The van der Waals surface area contributed by atoms with E-state index < -0.39 is 0 Å². The zero-order chi connectivity index (χ0) is 12.7. The van der Waals surface area contributed by atoms with E-state index in [1.165, 1.54) is 0 Å². The Balaban J connectivity index is 2.62. The van der Waals surface area contributed by atoms with Crippen molar-refractivity contribution >= 4 is 12.6 Å². The van der Waals surface area contributed by atoms with Crippen molar-refractivity contribution < 1.29 is 4.74 Å². The highest BCUT2D eigenvalue weighted by Gasteiger charge is 2.28. The Morgan fingerprint density at radius 3 is 2.88 bits per heavy atom. The summed E-state index contributed by atoms with van der Waals surface area (Å²) in [6.07, 6.45) is 4.72. The van der Waals surface area contributed by atoms with Gasteiger partial charge in [0.1, 0.15) is 5.44 Å². The third-order valence-corrected chi connectivity index (χ3v) is 3.35. The van der Waals surface area contributed by atoms with Crippen LogP contribution in [0.3, 0.4) is 0 Å². The molecule has 1 fully saturated rings. The average Bonchev–Trinajstić information content (AvgIpc) is 2.37. The molecular weight excluding hydrogens is 232 g/mol. The summed E-state index contributed by atoms with van der Waals surface area (Å²) in [5.41, 5.74) is -0.233. The maximum Gasteiger partial charge on any atom is 0.119 e. The summed E-state index contributed by atoms with van der Waals surface area (Å²) in [6, 6.07) is 0.343. The summed E-state index contributed by atoms with van der Waals surface area (Å²) < 4.78 is 5.81. The summed E-state index contributed by atoms with van der Waals surface area (Å²) in [4.78, 5) is 2.46. The van der Waals surface area contributed by atoms with Crippen molar-refractivity contribution in [3.8, 4) is 0 Å². The fourth-order valence-corrected chi connectivity index (χ4v) is 2.32. The van der Waals surface area contributed by atoms with Gasteiger partial charge in [-0.3, -0.25) is 4.90 Å². The zero-order valence-electron chi connectivity index (χ0n) is 10.6. The molecule has 0 aromatic carbocycles. The molecule has 17 heavy (non-hydrogen) atoms. The van der Waals surface area contributed by atoms with E-state index >= 15 is 0 Å². The number of hydrogen-bond acceptors (Lipinski definition) is 4. The maximum atomic E-state index is 5.81. The Kier molecular flexibility index (Phi) is 6.89. The Labute approximate surface area is 110 Å². The van der Waals surface area contributed by atoms with Gasteiger partial charge in [-0.05, 0) is 13.0 Å². The maximum absolute atomic E-state index is 5.81. The lowest BCUT2D eigenvalue weighted by molar-refractivity contribution is 0.00573. The summed E-state index contributed by atoms with van der Waals surface area (Å²) in [7, 11) is 0. The predicted octanol–water partition coefficient (Wildman–Crippen LogP) is 1.68. The van der Waals surface area contributed by atoms with Crippen molar-refractivity contribution in [1.29, 1.82) is 0 Å². The van der Waals surface area contributed by atoms with Crippen LogP contribution in [0.4, 0.5) is 0 Å². The molecule has 98 valence electrons. The van der Waals surface area contributed by atoms with E-state index in [4.69, 9.17) is 4.74 Å². The molecule has 1 rings (SSSR count). The summed E-state index contributed by atoms with van der Waals surface area (Å²) >= 11 is 4.30. The van der Waals surface area contributed by atoms with E-state index in [1.54, 1.807) is 6.08 Å². The molecule has 0 spiro atoms. The Hall–Kier alpha value is -0.290. The minimum Gasteiger partial charge on any atom is -0.355 e. The van der Waals surface area contributed by atoms with Crippen LogP contribution in [0, 0.1) is 0 Å². The molecule has 4 heteroatoms. The molecular formula is C13H24N2OS. The number of hydrogen-bond donors (Lipinski definition) is 2. The molecule has 3 nitrogen and oxygen atoms in total. The van der Waals surface area contributed by atoms with Gasteiger partial charge in [0.25, 0.3) is 0 Å². The molecule has 0 aromatic heterocycles. The Morgan fingerprint density at radius 2 is 2.29 bits per heavy atom. The zero-order valence-corrected chi connectivity index (χ0v) is 11.5. The van der Waals surface area contributed by atoms with Gasteiger partial charge in [-0.1, -0.05) is 25.7 Å². The molecule has 0 aliphatic carbocycles. The van der Waals surface area contributed by atoms with Gasteiger partial charge in [0.15, 0.2) is 0 Å². The van der Waals surface area contributed by atoms with Crippen molar-refractivity contribution in [3.63, 3.8) is 0 Å². The highest BCUT2D eigenvalue weighted by molar-refractivity contribution is 7.80. The number of rotatable bonds is 7. The normalized spacial score (nSPS) is 25.2. The number of nitrogens with one attached hydrogen (secondary N) is 1. The van der Waals surface area contributed by atoms with Crippen LogP contribution in [0.25, 0.3) is 0 Å². The van der Waals surface area contributed by atoms with E-state index in [0.717, 1.165) is 32.6 Å². The minimum absolute atomic E-state index is 0.00477. The quantitative estimate of drug-likeness (QED) is 0.412.